The molecule has 0 aliphatic heterocycles. The van der Waals surface area contributed by atoms with Crippen molar-refractivity contribution in [2.75, 3.05) is 7.11 Å². The first-order valence-electron chi connectivity index (χ1n) is 8.62. The summed E-state index contributed by atoms with van der Waals surface area (Å²) in [7, 11) is 1.67. The summed E-state index contributed by atoms with van der Waals surface area (Å²) in [6, 6.07) is 8.01. The number of benzene rings is 1. The predicted octanol–water partition coefficient (Wildman–Crippen LogP) is 2.88. The van der Waals surface area contributed by atoms with Crippen LogP contribution in [0.2, 0.25) is 0 Å². The Balaban J connectivity index is 1.84. The molecule has 0 saturated carbocycles. The van der Waals surface area contributed by atoms with Gasteiger partial charge in [-0.3, -0.25) is 0 Å². The Morgan fingerprint density at radius 3 is 2.64 bits per heavy atom. The van der Waals surface area contributed by atoms with Gasteiger partial charge in [-0.2, -0.15) is 10.2 Å². The van der Waals surface area contributed by atoms with Gasteiger partial charge in [0.25, 0.3) is 0 Å². The molecule has 2 heterocycles. The van der Waals surface area contributed by atoms with Crippen LogP contribution >= 0.6 is 0 Å². The molecule has 0 fully saturated rings. The van der Waals surface area contributed by atoms with Crippen molar-refractivity contribution in [3.63, 3.8) is 0 Å². The average Bonchev–Trinajstić information content (AvgIpc) is 3.30. The van der Waals surface area contributed by atoms with Gasteiger partial charge in [0.15, 0.2) is 11.6 Å². The summed E-state index contributed by atoms with van der Waals surface area (Å²) in [5.74, 6) is 2.59. The molecule has 3 rings (SSSR count). The molecule has 25 heavy (non-hydrogen) atoms. The fourth-order valence-electron chi connectivity index (χ4n) is 2.72. The minimum Gasteiger partial charge on any atom is -0.497 e. The number of aromatic nitrogens is 6. The second-order valence-corrected chi connectivity index (χ2v) is 6.04. The summed E-state index contributed by atoms with van der Waals surface area (Å²) in [6.45, 7) is 5.11. The zero-order chi connectivity index (χ0) is 17.6. The first-order valence-corrected chi connectivity index (χ1v) is 8.62. The maximum Gasteiger partial charge on any atom is 0.155 e. The van der Waals surface area contributed by atoms with E-state index in [9.17, 15) is 0 Å². The van der Waals surface area contributed by atoms with E-state index in [0.717, 1.165) is 42.3 Å². The van der Waals surface area contributed by atoms with Crippen LogP contribution < -0.4 is 4.74 Å². The number of ether oxygens (including phenoxy) is 1. The maximum absolute atomic E-state index is 5.21. The molecule has 0 N–H and O–H groups in total. The second-order valence-electron chi connectivity index (χ2n) is 6.04. The molecule has 1 atom stereocenters. The lowest BCUT2D eigenvalue weighted by Gasteiger charge is -2.12. The first kappa shape index (κ1) is 17.1. The van der Waals surface area contributed by atoms with Crippen molar-refractivity contribution < 1.29 is 4.74 Å². The molecule has 0 spiro atoms. The molecule has 0 aliphatic rings. The minimum absolute atomic E-state index is 0.00327. The molecular formula is C18H24N6O. The van der Waals surface area contributed by atoms with Crippen molar-refractivity contribution >= 4 is 0 Å². The van der Waals surface area contributed by atoms with E-state index in [1.54, 1.807) is 19.8 Å². The lowest BCUT2D eigenvalue weighted by atomic mass is 10.1. The van der Waals surface area contributed by atoms with E-state index in [1.807, 2.05) is 33.6 Å². The lowest BCUT2D eigenvalue weighted by Crippen LogP contribution is -2.15. The zero-order valence-electron chi connectivity index (χ0n) is 15.0. The van der Waals surface area contributed by atoms with Gasteiger partial charge >= 0.3 is 0 Å². The van der Waals surface area contributed by atoms with Crippen molar-refractivity contribution in [1.82, 2.24) is 29.5 Å². The van der Waals surface area contributed by atoms with E-state index >= 15 is 0 Å². The molecule has 0 bridgehead atoms. The fraction of sp³-hybridized carbons (Fsp3) is 0.444. The van der Waals surface area contributed by atoms with Crippen molar-refractivity contribution in [3.8, 4) is 5.75 Å². The lowest BCUT2D eigenvalue weighted by molar-refractivity contribution is 0.414. The normalized spacial score (nSPS) is 12.3. The Morgan fingerprint density at radius 2 is 2.00 bits per heavy atom. The van der Waals surface area contributed by atoms with Gasteiger partial charge in [-0.05, 0) is 31.0 Å². The number of rotatable bonds is 8. The number of nitrogens with zero attached hydrogens (tertiary/aromatic N) is 6. The standard InChI is InChI=1S/C18H24N6O/c1-4-5-10-23-18(14(2)24-13-19-12-20-24)21-17(22-23)11-15-6-8-16(25-3)9-7-15/h6-9,12-14H,4-5,10-11H2,1-3H3/t14-/m1/s1. The molecule has 3 aromatic rings. The van der Waals surface area contributed by atoms with Crippen molar-refractivity contribution in [3.05, 3.63) is 54.1 Å². The molecular weight excluding hydrogens is 316 g/mol. The molecule has 0 amide bonds. The highest BCUT2D eigenvalue weighted by molar-refractivity contribution is 5.28. The van der Waals surface area contributed by atoms with E-state index in [4.69, 9.17) is 14.8 Å². The van der Waals surface area contributed by atoms with Crippen LogP contribution in [0.4, 0.5) is 0 Å². The third kappa shape index (κ3) is 4.04. The van der Waals surface area contributed by atoms with Crippen LogP contribution in [0.1, 0.15) is 49.9 Å². The van der Waals surface area contributed by atoms with Crippen LogP contribution in [-0.2, 0) is 13.0 Å². The highest BCUT2D eigenvalue weighted by Gasteiger charge is 2.18. The van der Waals surface area contributed by atoms with Crippen LogP contribution in [-0.4, -0.2) is 36.6 Å². The van der Waals surface area contributed by atoms with E-state index < -0.39 is 0 Å². The SMILES string of the molecule is CCCCn1nc(Cc2ccc(OC)cc2)nc1[C@@H](C)n1cncn1. The van der Waals surface area contributed by atoms with E-state index in [0.29, 0.717) is 6.42 Å². The Labute approximate surface area is 147 Å². The minimum atomic E-state index is -0.00327. The highest BCUT2D eigenvalue weighted by atomic mass is 16.5. The molecule has 7 heteroatoms. The van der Waals surface area contributed by atoms with Gasteiger partial charge < -0.3 is 4.74 Å². The van der Waals surface area contributed by atoms with Crippen LogP contribution in [0.25, 0.3) is 0 Å². The third-order valence-electron chi connectivity index (χ3n) is 4.20. The fourth-order valence-corrected chi connectivity index (χ4v) is 2.72. The van der Waals surface area contributed by atoms with Gasteiger partial charge in [-0.15, -0.1) is 0 Å². The number of hydrogen-bond acceptors (Lipinski definition) is 5. The quantitative estimate of drug-likeness (QED) is 0.630. The summed E-state index contributed by atoms with van der Waals surface area (Å²) < 4.78 is 9.03. The molecule has 0 unspecified atom stereocenters. The Hall–Kier alpha value is -2.70. The molecule has 0 saturated heterocycles. The summed E-state index contributed by atoms with van der Waals surface area (Å²) in [6.07, 6.45) is 6.14. The Bertz CT molecular complexity index is 779. The van der Waals surface area contributed by atoms with Crippen LogP contribution in [0.3, 0.4) is 0 Å². The topological polar surface area (TPSA) is 70.7 Å². The van der Waals surface area contributed by atoms with E-state index in [1.165, 1.54) is 0 Å². The summed E-state index contributed by atoms with van der Waals surface area (Å²) in [5, 5.41) is 8.97. The number of hydrogen-bond donors (Lipinski definition) is 0. The average molecular weight is 340 g/mol. The molecule has 2 aromatic heterocycles. The zero-order valence-corrected chi connectivity index (χ0v) is 15.0. The molecule has 1 aromatic carbocycles. The summed E-state index contributed by atoms with van der Waals surface area (Å²) in [4.78, 5) is 8.82. The summed E-state index contributed by atoms with van der Waals surface area (Å²) in [5.41, 5.74) is 1.16. The Kier molecular flexibility index (Phi) is 5.42. The van der Waals surface area contributed by atoms with E-state index in [-0.39, 0.29) is 6.04 Å². The molecule has 0 aliphatic carbocycles. The van der Waals surface area contributed by atoms with Gasteiger partial charge in [0.2, 0.25) is 0 Å². The third-order valence-corrected chi connectivity index (χ3v) is 4.20. The van der Waals surface area contributed by atoms with Gasteiger partial charge in [0.1, 0.15) is 24.4 Å². The molecule has 7 nitrogen and oxygen atoms in total. The summed E-state index contributed by atoms with van der Waals surface area (Å²) >= 11 is 0. The van der Waals surface area contributed by atoms with Gasteiger partial charge in [0.05, 0.1) is 7.11 Å². The molecule has 0 radical (unpaired) electrons. The maximum atomic E-state index is 5.21. The highest BCUT2D eigenvalue weighted by Crippen LogP contribution is 2.18. The van der Waals surface area contributed by atoms with Crippen molar-refractivity contribution in [2.45, 2.75) is 45.7 Å². The van der Waals surface area contributed by atoms with Crippen LogP contribution in [0, 0.1) is 0 Å². The number of aryl methyl sites for hydroxylation is 1. The van der Waals surface area contributed by atoms with Crippen molar-refractivity contribution in [2.24, 2.45) is 0 Å². The van der Waals surface area contributed by atoms with Gasteiger partial charge in [0, 0.05) is 13.0 Å². The largest absolute Gasteiger partial charge is 0.497 e. The smallest absolute Gasteiger partial charge is 0.155 e. The van der Waals surface area contributed by atoms with Gasteiger partial charge in [-0.1, -0.05) is 25.5 Å². The van der Waals surface area contributed by atoms with Crippen LogP contribution in [0.5, 0.6) is 5.75 Å². The predicted molar refractivity (Wildman–Crippen MR) is 94.6 cm³/mol. The second kappa shape index (κ2) is 7.92. The van der Waals surface area contributed by atoms with Crippen molar-refractivity contribution in [1.29, 1.82) is 0 Å². The Morgan fingerprint density at radius 1 is 1.20 bits per heavy atom. The monoisotopic (exact) mass is 340 g/mol. The number of methoxy groups -OCH3 is 1. The first-order chi connectivity index (χ1) is 12.2. The van der Waals surface area contributed by atoms with Crippen LogP contribution in [0.15, 0.2) is 36.9 Å². The molecule has 132 valence electrons. The van der Waals surface area contributed by atoms with Gasteiger partial charge in [-0.25, -0.2) is 19.3 Å². The van der Waals surface area contributed by atoms with E-state index in [2.05, 4.69) is 23.9 Å². The number of unbranched alkanes of at least 4 members (excludes halogenated alkanes) is 1.